The first-order valence-electron chi connectivity index (χ1n) is 6.17. The smallest absolute Gasteiger partial charge is 0.265 e. The van der Waals surface area contributed by atoms with Gasteiger partial charge in [-0.25, -0.2) is 0 Å². The minimum Gasteiger partial charge on any atom is -0.335 e. The second kappa shape index (κ2) is 5.60. The van der Waals surface area contributed by atoms with Crippen LogP contribution in [0.4, 0.5) is 0 Å². The topological polar surface area (TPSA) is 59.2 Å². The summed E-state index contributed by atoms with van der Waals surface area (Å²) in [6, 6.07) is 0.319. The summed E-state index contributed by atoms with van der Waals surface area (Å²) < 4.78 is 0. The van der Waals surface area contributed by atoms with Crippen molar-refractivity contribution >= 4 is 17.2 Å². The maximum absolute atomic E-state index is 12.3. The van der Waals surface area contributed by atoms with Gasteiger partial charge < -0.3 is 10.6 Å². The Morgan fingerprint density at radius 2 is 2.47 bits per heavy atom. The third kappa shape index (κ3) is 2.50. The molecule has 1 fully saturated rings. The molecule has 1 amide bonds. The molecule has 1 heterocycles. The minimum absolute atomic E-state index is 0.111. The maximum atomic E-state index is 12.3. The Morgan fingerprint density at radius 3 is 3.06 bits per heavy atom. The lowest BCUT2D eigenvalue weighted by atomic mass is 10.0. The molecule has 94 valence electrons. The van der Waals surface area contributed by atoms with Gasteiger partial charge in [-0.15, -0.1) is 11.3 Å². The monoisotopic (exact) mass is 253 g/mol. The predicted octanol–water partition coefficient (Wildman–Crippen LogP) is 1.73. The fourth-order valence-electron chi connectivity index (χ4n) is 2.69. The highest BCUT2D eigenvalue weighted by Crippen LogP contribution is 2.30. The molecule has 0 radical (unpaired) electrons. The molecular weight excluding hydrogens is 234 g/mol. The molecule has 2 N–H and O–H groups in total. The molecule has 0 saturated heterocycles. The first kappa shape index (κ1) is 12.5. The zero-order chi connectivity index (χ0) is 12.3. The Kier molecular flexibility index (Phi) is 4.12. The molecule has 1 saturated carbocycles. The van der Waals surface area contributed by atoms with E-state index in [0.717, 1.165) is 24.3 Å². The summed E-state index contributed by atoms with van der Waals surface area (Å²) in [6.45, 7) is 3.46. The average Bonchev–Trinajstić information content (AvgIpc) is 3.01. The fourth-order valence-corrected chi connectivity index (χ4v) is 3.27. The molecule has 1 aliphatic rings. The van der Waals surface area contributed by atoms with Crippen LogP contribution in [0.1, 0.15) is 35.9 Å². The van der Waals surface area contributed by atoms with Crippen molar-refractivity contribution in [3.63, 3.8) is 0 Å². The summed E-state index contributed by atoms with van der Waals surface area (Å²) >= 11 is 1.41. The molecule has 1 aromatic rings. The molecule has 2 unspecified atom stereocenters. The summed E-state index contributed by atoms with van der Waals surface area (Å²) in [7, 11) is 0. The lowest BCUT2D eigenvalue weighted by Crippen LogP contribution is -2.43. The van der Waals surface area contributed by atoms with E-state index in [1.54, 1.807) is 11.7 Å². The molecule has 0 aliphatic heterocycles. The Hall–Kier alpha value is -0.940. The number of aromatic nitrogens is 1. The first-order valence-corrected chi connectivity index (χ1v) is 7.05. The number of nitrogens with zero attached hydrogens (tertiary/aromatic N) is 2. The van der Waals surface area contributed by atoms with Gasteiger partial charge in [0, 0.05) is 12.6 Å². The molecule has 5 heteroatoms. The van der Waals surface area contributed by atoms with E-state index in [0.29, 0.717) is 18.5 Å². The molecule has 4 nitrogen and oxygen atoms in total. The number of hydrogen-bond acceptors (Lipinski definition) is 4. The normalized spacial score (nSPS) is 23.9. The van der Waals surface area contributed by atoms with Gasteiger partial charge in [0.05, 0.1) is 11.7 Å². The molecule has 0 aromatic carbocycles. The van der Waals surface area contributed by atoms with E-state index < -0.39 is 0 Å². The van der Waals surface area contributed by atoms with Gasteiger partial charge in [-0.3, -0.25) is 9.78 Å². The van der Waals surface area contributed by atoms with Gasteiger partial charge in [-0.2, -0.15) is 0 Å². The van der Waals surface area contributed by atoms with Crippen LogP contribution in [0.3, 0.4) is 0 Å². The first-order chi connectivity index (χ1) is 8.27. The van der Waals surface area contributed by atoms with E-state index in [-0.39, 0.29) is 5.91 Å². The van der Waals surface area contributed by atoms with E-state index in [1.165, 1.54) is 17.8 Å². The number of nitrogens with two attached hydrogens (primary N) is 1. The van der Waals surface area contributed by atoms with Crippen LogP contribution in [0.25, 0.3) is 0 Å². The van der Waals surface area contributed by atoms with E-state index in [4.69, 9.17) is 5.73 Å². The highest BCUT2D eigenvalue weighted by molar-refractivity contribution is 7.11. The summed E-state index contributed by atoms with van der Waals surface area (Å²) in [5.41, 5.74) is 7.49. The highest BCUT2D eigenvalue weighted by atomic mass is 32.1. The van der Waals surface area contributed by atoms with E-state index in [1.807, 2.05) is 11.8 Å². The Bertz CT molecular complexity index is 366. The molecule has 1 aliphatic carbocycles. The Balaban J connectivity index is 2.13. The van der Waals surface area contributed by atoms with Gasteiger partial charge in [-0.05, 0) is 32.2 Å². The summed E-state index contributed by atoms with van der Waals surface area (Å²) in [4.78, 5) is 19.0. The van der Waals surface area contributed by atoms with Crippen molar-refractivity contribution in [2.45, 2.75) is 32.2 Å². The number of rotatable bonds is 4. The van der Waals surface area contributed by atoms with Crippen LogP contribution in [-0.4, -0.2) is 34.9 Å². The zero-order valence-electron chi connectivity index (χ0n) is 10.1. The number of carbonyl (C=O) groups is 1. The lowest BCUT2D eigenvalue weighted by Gasteiger charge is -2.31. The van der Waals surface area contributed by atoms with Crippen molar-refractivity contribution in [2.24, 2.45) is 11.7 Å². The standard InChI is InChI=1S/C12H19N3OS/c1-2-15(10-5-3-4-9(10)6-13)12(16)11-7-14-8-17-11/h7-10H,2-6,13H2,1H3. The van der Waals surface area contributed by atoms with Crippen molar-refractivity contribution in [3.05, 3.63) is 16.6 Å². The number of carbonyl (C=O) groups excluding carboxylic acids is 1. The Labute approximate surface area is 106 Å². The molecular formula is C12H19N3OS. The summed E-state index contributed by atoms with van der Waals surface area (Å²) in [6.07, 6.45) is 5.06. The van der Waals surface area contributed by atoms with Crippen LogP contribution in [0.2, 0.25) is 0 Å². The SMILES string of the molecule is CCN(C(=O)c1cncs1)C1CCCC1CN. The fraction of sp³-hybridized carbons (Fsp3) is 0.667. The van der Waals surface area contributed by atoms with Crippen LogP contribution < -0.4 is 5.73 Å². The molecule has 2 rings (SSSR count). The predicted molar refractivity (Wildman–Crippen MR) is 69.0 cm³/mol. The molecule has 1 aromatic heterocycles. The lowest BCUT2D eigenvalue weighted by molar-refractivity contribution is 0.0657. The average molecular weight is 253 g/mol. The highest BCUT2D eigenvalue weighted by Gasteiger charge is 2.33. The van der Waals surface area contributed by atoms with Crippen LogP contribution in [-0.2, 0) is 0 Å². The van der Waals surface area contributed by atoms with Crippen LogP contribution in [0.5, 0.6) is 0 Å². The number of amides is 1. The van der Waals surface area contributed by atoms with Gasteiger partial charge in [0.25, 0.3) is 5.91 Å². The minimum atomic E-state index is 0.111. The van der Waals surface area contributed by atoms with Crippen molar-refractivity contribution in [2.75, 3.05) is 13.1 Å². The van der Waals surface area contributed by atoms with Gasteiger partial charge in [-0.1, -0.05) is 6.42 Å². The van der Waals surface area contributed by atoms with Crippen molar-refractivity contribution in [1.82, 2.24) is 9.88 Å². The van der Waals surface area contributed by atoms with E-state index in [2.05, 4.69) is 4.98 Å². The van der Waals surface area contributed by atoms with Crippen molar-refractivity contribution in [1.29, 1.82) is 0 Å². The van der Waals surface area contributed by atoms with E-state index >= 15 is 0 Å². The van der Waals surface area contributed by atoms with Crippen molar-refractivity contribution in [3.8, 4) is 0 Å². The number of thiazole rings is 1. The molecule has 17 heavy (non-hydrogen) atoms. The van der Waals surface area contributed by atoms with E-state index in [9.17, 15) is 4.79 Å². The molecule has 0 spiro atoms. The zero-order valence-corrected chi connectivity index (χ0v) is 10.9. The van der Waals surface area contributed by atoms with Gasteiger partial charge >= 0.3 is 0 Å². The van der Waals surface area contributed by atoms with Crippen LogP contribution in [0.15, 0.2) is 11.7 Å². The second-order valence-electron chi connectivity index (χ2n) is 4.45. The maximum Gasteiger partial charge on any atom is 0.265 e. The third-order valence-corrected chi connectivity index (χ3v) is 4.33. The second-order valence-corrected chi connectivity index (χ2v) is 5.34. The number of hydrogen-bond donors (Lipinski definition) is 1. The Morgan fingerprint density at radius 1 is 1.65 bits per heavy atom. The van der Waals surface area contributed by atoms with Crippen LogP contribution >= 0.6 is 11.3 Å². The largest absolute Gasteiger partial charge is 0.335 e. The molecule has 0 bridgehead atoms. The third-order valence-electron chi connectivity index (χ3n) is 3.57. The van der Waals surface area contributed by atoms with Gasteiger partial charge in [0.2, 0.25) is 0 Å². The molecule has 2 atom stereocenters. The summed E-state index contributed by atoms with van der Waals surface area (Å²) in [5.74, 6) is 0.576. The van der Waals surface area contributed by atoms with Crippen molar-refractivity contribution < 1.29 is 4.79 Å². The van der Waals surface area contributed by atoms with Gasteiger partial charge in [0.15, 0.2) is 0 Å². The van der Waals surface area contributed by atoms with Crippen LogP contribution in [0, 0.1) is 5.92 Å². The van der Waals surface area contributed by atoms with Gasteiger partial charge in [0.1, 0.15) is 4.88 Å². The quantitative estimate of drug-likeness (QED) is 0.889. The summed E-state index contributed by atoms with van der Waals surface area (Å²) in [5, 5.41) is 0.